The Labute approximate surface area is 167 Å². The molecule has 0 atom stereocenters. The first-order chi connectivity index (χ1) is 14.0. The first-order valence-electron chi connectivity index (χ1n) is 8.80. The zero-order chi connectivity index (χ0) is 20.8. The maximum Gasteiger partial charge on any atom is 0.255 e. The average molecular weight is 383 g/mol. The highest BCUT2D eigenvalue weighted by Gasteiger charge is 2.10. The molecule has 0 bridgehead atoms. The van der Waals surface area contributed by atoms with Crippen molar-refractivity contribution in [1.29, 1.82) is 5.26 Å². The van der Waals surface area contributed by atoms with Crippen LogP contribution in [0.5, 0.6) is 0 Å². The summed E-state index contributed by atoms with van der Waals surface area (Å²) < 4.78 is 0. The highest BCUT2D eigenvalue weighted by molar-refractivity contribution is 6.07. The van der Waals surface area contributed by atoms with E-state index in [4.69, 9.17) is 5.26 Å². The van der Waals surface area contributed by atoms with Crippen molar-refractivity contribution in [3.63, 3.8) is 0 Å². The molecule has 3 rings (SSSR count). The van der Waals surface area contributed by atoms with Gasteiger partial charge in [0.15, 0.2) is 5.78 Å². The monoisotopic (exact) mass is 383 g/mol. The van der Waals surface area contributed by atoms with Crippen molar-refractivity contribution < 1.29 is 14.4 Å². The number of hydrogen-bond donors (Lipinski definition) is 2. The minimum absolute atomic E-state index is 0.0438. The molecule has 0 spiro atoms. The van der Waals surface area contributed by atoms with Gasteiger partial charge in [-0.3, -0.25) is 14.4 Å². The molecule has 0 aliphatic rings. The van der Waals surface area contributed by atoms with Gasteiger partial charge >= 0.3 is 0 Å². The van der Waals surface area contributed by atoms with E-state index in [1.54, 1.807) is 72.8 Å². The molecule has 0 aromatic heterocycles. The normalized spacial score (nSPS) is 9.93. The van der Waals surface area contributed by atoms with E-state index in [1.165, 1.54) is 6.92 Å². The second-order valence-corrected chi connectivity index (χ2v) is 6.31. The van der Waals surface area contributed by atoms with Crippen LogP contribution in [0.4, 0.5) is 11.4 Å². The van der Waals surface area contributed by atoms with Gasteiger partial charge in [0.2, 0.25) is 0 Å². The third-order valence-electron chi connectivity index (χ3n) is 4.23. The number of anilines is 2. The van der Waals surface area contributed by atoms with Crippen molar-refractivity contribution >= 4 is 29.0 Å². The van der Waals surface area contributed by atoms with E-state index >= 15 is 0 Å². The predicted molar refractivity (Wildman–Crippen MR) is 110 cm³/mol. The second-order valence-electron chi connectivity index (χ2n) is 6.31. The molecule has 3 aromatic rings. The molecule has 142 valence electrons. The summed E-state index contributed by atoms with van der Waals surface area (Å²) >= 11 is 0. The summed E-state index contributed by atoms with van der Waals surface area (Å²) in [6, 6.07) is 21.4. The Balaban J connectivity index is 1.63. The molecule has 6 heteroatoms. The van der Waals surface area contributed by atoms with Crippen LogP contribution >= 0.6 is 0 Å². The Hall–Kier alpha value is -4.24. The number of benzene rings is 3. The molecule has 0 saturated heterocycles. The van der Waals surface area contributed by atoms with Gasteiger partial charge in [-0.1, -0.05) is 0 Å². The highest BCUT2D eigenvalue weighted by Crippen LogP contribution is 2.14. The van der Waals surface area contributed by atoms with Crippen LogP contribution in [0, 0.1) is 11.3 Å². The third-order valence-corrected chi connectivity index (χ3v) is 4.23. The van der Waals surface area contributed by atoms with Gasteiger partial charge < -0.3 is 10.6 Å². The molecule has 6 nitrogen and oxygen atoms in total. The van der Waals surface area contributed by atoms with Crippen LogP contribution < -0.4 is 10.6 Å². The first-order valence-corrected chi connectivity index (χ1v) is 8.80. The van der Waals surface area contributed by atoms with Crippen LogP contribution in [0.3, 0.4) is 0 Å². The van der Waals surface area contributed by atoms with Crippen molar-refractivity contribution in [2.75, 3.05) is 10.6 Å². The fourth-order valence-electron chi connectivity index (χ4n) is 2.60. The summed E-state index contributed by atoms with van der Waals surface area (Å²) in [5.74, 6) is -0.682. The molecule has 0 fully saturated rings. The summed E-state index contributed by atoms with van der Waals surface area (Å²) in [6.07, 6.45) is 0. The van der Waals surface area contributed by atoms with Crippen LogP contribution in [0.15, 0.2) is 72.8 Å². The lowest BCUT2D eigenvalue weighted by Crippen LogP contribution is -2.14. The van der Waals surface area contributed by atoms with E-state index in [9.17, 15) is 14.4 Å². The van der Waals surface area contributed by atoms with Crippen LogP contribution in [0.25, 0.3) is 0 Å². The first kappa shape index (κ1) is 19.5. The van der Waals surface area contributed by atoms with E-state index < -0.39 is 0 Å². The highest BCUT2D eigenvalue weighted by atomic mass is 16.2. The predicted octanol–water partition coefficient (Wildman–Crippen LogP) is 4.27. The van der Waals surface area contributed by atoms with Gasteiger partial charge in [-0.15, -0.1) is 0 Å². The molecular weight excluding hydrogens is 366 g/mol. The molecule has 0 unspecified atom stereocenters. The van der Waals surface area contributed by atoms with Crippen molar-refractivity contribution in [1.82, 2.24) is 0 Å². The van der Waals surface area contributed by atoms with Crippen LogP contribution in [0.2, 0.25) is 0 Å². The van der Waals surface area contributed by atoms with Gasteiger partial charge in [-0.25, -0.2) is 0 Å². The SMILES string of the molecule is CC(=O)c1ccc(NC(=O)c2ccc(C(=O)Nc3ccc(C#N)cc3)cc2)cc1. The molecule has 2 N–H and O–H groups in total. The van der Waals surface area contributed by atoms with Gasteiger partial charge in [0.05, 0.1) is 11.6 Å². The maximum atomic E-state index is 12.4. The number of amides is 2. The summed E-state index contributed by atoms with van der Waals surface area (Å²) in [7, 11) is 0. The zero-order valence-electron chi connectivity index (χ0n) is 15.6. The molecule has 0 saturated carbocycles. The van der Waals surface area contributed by atoms with E-state index in [0.29, 0.717) is 33.6 Å². The number of rotatable bonds is 5. The number of hydrogen-bond acceptors (Lipinski definition) is 4. The molecule has 0 aliphatic carbocycles. The number of Topliss-reactive ketones (excluding diaryl/α,β-unsaturated/α-hetero) is 1. The van der Waals surface area contributed by atoms with E-state index in [0.717, 1.165) is 0 Å². The standard InChI is InChI=1S/C23H17N3O3/c1-15(27)17-8-12-21(13-9-17)26-23(29)19-6-4-18(5-7-19)22(28)25-20-10-2-16(14-24)3-11-20/h2-13H,1H3,(H,25,28)(H,26,29). The number of carbonyl (C=O) groups excluding carboxylic acids is 3. The fourth-order valence-corrected chi connectivity index (χ4v) is 2.60. The van der Waals surface area contributed by atoms with Crippen molar-refractivity contribution in [2.24, 2.45) is 0 Å². The molecule has 29 heavy (non-hydrogen) atoms. The molecular formula is C23H17N3O3. The van der Waals surface area contributed by atoms with Crippen LogP contribution in [0.1, 0.15) is 43.6 Å². The van der Waals surface area contributed by atoms with Gasteiger partial charge in [0, 0.05) is 28.1 Å². The van der Waals surface area contributed by atoms with Crippen molar-refractivity contribution in [2.45, 2.75) is 6.92 Å². The summed E-state index contributed by atoms with van der Waals surface area (Å²) in [5, 5.41) is 14.3. The topological polar surface area (TPSA) is 99.1 Å². The Morgan fingerprint density at radius 2 is 1.03 bits per heavy atom. The molecule has 2 amide bonds. The largest absolute Gasteiger partial charge is 0.322 e. The summed E-state index contributed by atoms with van der Waals surface area (Å²) in [5.41, 5.74) is 3.02. The molecule has 0 radical (unpaired) electrons. The van der Waals surface area contributed by atoms with E-state index in [2.05, 4.69) is 10.6 Å². The fraction of sp³-hybridized carbons (Fsp3) is 0.0435. The Bertz CT molecular complexity index is 1090. The number of nitriles is 1. The number of nitrogens with one attached hydrogen (secondary N) is 2. The number of nitrogens with zero attached hydrogens (tertiary/aromatic N) is 1. The Morgan fingerprint density at radius 1 is 0.655 bits per heavy atom. The lowest BCUT2D eigenvalue weighted by atomic mass is 10.1. The zero-order valence-corrected chi connectivity index (χ0v) is 15.6. The molecule has 0 heterocycles. The van der Waals surface area contributed by atoms with Crippen LogP contribution in [-0.2, 0) is 0 Å². The lowest BCUT2D eigenvalue weighted by molar-refractivity contribution is 0.101. The van der Waals surface area contributed by atoms with Gasteiger partial charge in [0.1, 0.15) is 0 Å². The Morgan fingerprint density at radius 3 is 1.41 bits per heavy atom. The summed E-state index contributed by atoms with van der Waals surface area (Å²) in [4.78, 5) is 36.0. The van der Waals surface area contributed by atoms with Gasteiger partial charge in [0.25, 0.3) is 11.8 Å². The number of carbonyl (C=O) groups is 3. The minimum atomic E-state index is -0.320. The summed E-state index contributed by atoms with van der Waals surface area (Å²) in [6.45, 7) is 1.48. The van der Waals surface area contributed by atoms with Crippen LogP contribution in [-0.4, -0.2) is 17.6 Å². The van der Waals surface area contributed by atoms with E-state index in [-0.39, 0.29) is 17.6 Å². The second kappa shape index (κ2) is 8.63. The maximum absolute atomic E-state index is 12.4. The third kappa shape index (κ3) is 4.93. The quantitative estimate of drug-likeness (QED) is 0.643. The lowest BCUT2D eigenvalue weighted by Gasteiger charge is -2.08. The number of ketones is 1. The molecule has 3 aromatic carbocycles. The molecule has 0 aliphatic heterocycles. The van der Waals surface area contributed by atoms with Crippen molar-refractivity contribution in [3.8, 4) is 6.07 Å². The Kier molecular flexibility index (Phi) is 5.81. The van der Waals surface area contributed by atoms with E-state index in [1.807, 2.05) is 6.07 Å². The van der Waals surface area contributed by atoms with Gasteiger partial charge in [-0.2, -0.15) is 5.26 Å². The average Bonchev–Trinajstić information content (AvgIpc) is 2.74. The van der Waals surface area contributed by atoms with Crippen molar-refractivity contribution in [3.05, 3.63) is 95.1 Å². The minimum Gasteiger partial charge on any atom is -0.322 e. The van der Waals surface area contributed by atoms with Gasteiger partial charge in [-0.05, 0) is 79.7 Å². The smallest absolute Gasteiger partial charge is 0.255 e.